The highest BCUT2D eigenvalue weighted by Crippen LogP contribution is 2.29. The second-order valence-electron chi connectivity index (χ2n) is 6.34. The summed E-state index contributed by atoms with van der Waals surface area (Å²) < 4.78 is 1.14. The third kappa shape index (κ3) is 3.94. The fourth-order valence-electron chi connectivity index (χ4n) is 3.08. The van der Waals surface area contributed by atoms with Crippen molar-refractivity contribution in [3.63, 3.8) is 0 Å². The molecule has 138 valence electrons. The molecule has 0 atom stereocenters. The smallest absolute Gasteiger partial charge is 0.267 e. The van der Waals surface area contributed by atoms with Crippen molar-refractivity contribution in [3.8, 4) is 11.3 Å². The molecule has 0 bridgehead atoms. The average molecular weight is 401 g/mol. The van der Waals surface area contributed by atoms with Gasteiger partial charge in [-0.3, -0.25) is 9.59 Å². The van der Waals surface area contributed by atoms with Gasteiger partial charge in [0.05, 0.1) is 16.4 Å². The van der Waals surface area contributed by atoms with Gasteiger partial charge in [0.25, 0.3) is 5.56 Å². The molecule has 2 heterocycles. The highest BCUT2D eigenvalue weighted by Gasteiger charge is 2.17. The quantitative estimate of drug-likeness (QED) is 0.726. The van der Waals surface area contributed by atoms with E-state index in [2.05, 4.69) is 15.4 Å². The first-order chi connectivity index (χ1) is 13.1. The number of carbonyl (C=O) groups is 1. The Bertz CT molecular complexity index is 1040. The minimum absolute atomic E-state index is 0.179. The number of nitrogens with one attached hydrogen (secondary N) is 1. The lowest BCUT2D eigenvalue weighted by molar-refractivity contribution is -0.117. The van der Waals surface area contributed by atoms with Crippen molar-refractivity contribution in [3.05, 3.63) is 62.3 Å². The summed E-state index contributed by atoms with van der Waals surface area (Å²) in [6, 6.07) is 10.2. The summed E-state index contributed by atoms with van der Waals surface area (Å²) in [7, 11) is 0. The number of anilines is 1. The first-order valence-electron chi connectivity index (χ1n) is 8.71. The molecule has 1 aliphatic rings. The summed E-state index contributed by atoms with van der Waals surface area (Å²) in [5.41, 5.74) is 1.98. The van der Waals surface area contributed by atoms with Crippen LogP contribution in [0, 0.1) is 0 Å². The zero-order chi connectivity index (χ0) is 18.8. The van der Waals surface area contributed by atoms with E-state index in [9.17, 15) is 9.59 Å². The lowest BCUT2D eigenvalue weighted by Crippen LogP contribution is -2.29. The maximum Gasteiger partial charge on any atom is 0.267 e. The van der Waals surface area contributed by atoms with Crippen molar-refractivity contribution < 1.29 is 4.79 Å². The van der Waals surface area contributed by atoms with Gasteiger partial charge in [0.2, 0.25) is 5.91 Å². The first kappa shape index (κ1) is 17.9. The Morgan fingerprint density at radius 1 is 1.19 bits per heavy atom. The lowest BCUT2D eigenvalue weighted by atomic mass is 10.0. The molecular weight excluding hydrogens is 384 g/mol. The summed E-state index contributed by atoms with van der Waals surface area (Å²) in [4.78, 5) is 30.2. The molecule has 0 unspecified atom stereocenters. The van der Waals surface area contributed by atoms with Gasteiger partial charge in [-0.15, -0.1) is 11.3 Å². The van der Waals surface area contributed by atoms with Crippen LogP contribution in [-0.2, 0) is 24.2 Å². The number of hydrogen-bond donors (Lipinski definition) is 1. The third-order valence-corrected chi connectivity index (χ3v) is 5.80. The van der Waals surface area contributed by atoms with E-state index in [-0.39, 0.29) is 18.0 Å². The van der Waals surface area contributed by atoms with Crippen LogP contribution in [0.1, 0.15) is 23.4 Å². The molecule has 27 heavy (non-hydrogen) atoms. The van der Waals surface area contributed by atoms with Crippen molar-refractivity contribution in [1.82, 2.24) is 14.8 Å². The minimum atomic E-state index is -0.348. The van der Waals surface area contributed by atoms with Crippen LogP contribution >= 0.6 is 22.9 Å². The van der Waals surface area contributed by atoms with E-state index in [1.807, 2.05) is 18.2 Å². The van der Waals surface area contributed by atoms with E-state index in [4.69, 9.17) is 11.6 Å². The molecular formula is C19H17ClN4O2S. The molecule has 0 fully saturated rings. The van der Waals surface area contributed by atoms with E-state index >= 15 is 0 Å². The maximum atomic E-state index is 12.4. The van der Waals surface area contributed by atoms with Crippen LogP contribution in [0.5, 0.6) is 0 Å². The molecule has 2 aromatic heterocycles. The number of rotatable bonds is 4. The van der Waals surface area contributed by atoms with E-state index in [1.165, 1.54) is 22.3 Å². The normalized spacial score (nSPS) is 13.2. The molecule has 1 N–H and O–H groups in total. The number of aryl methyl sites for hydroxylation is 2. The fraction of sp³-hybridized carbons (Fsp3) is 0.263. The molecule has 0 radical (unpaired) electrons. The highest BCUT2D eigenvalue weighted by molar-refractivity contribution is 7.15. The first-order valence-corrected chi connectivity index (χ1v) is 9.91. The summed E-state index contributed by atoms with van der Waals surface area (Å²) >= 11 is 7.71. The Balaban J connectivity index is 1.52. The number of nitrogens with zero attached hydrogens (tertiary/aromatic N) is 3. The maximum absolute atomic E-state index is 12.4. The standard InChI is InChI=1S/C19H17ClN4O2S/c20-13-6-2-1-5-12(13)14-9-10-18(26)24(23-14)11-17(25)22-19-21-15-7-3-4-8-16(15)27-19/h1-2,5-6,9-10H,3-4,7-8,11H2,(H,21,22,25). The SMILES string of the molecule is O=C(Cn1nc(-c2ccccc2Cl)ccc1=O)Nc1nc2c(s1)CCCC2. The van der Waals surface area contributed by atoms with Gasteiger partial charge in [-0.1, -0.05) is 29.8 Å². The Labute approximate surface area is 164 Å². The van der Waals surface area contributed by atoms with Gasteiger partial charge < -0.3 is 5.32 Å². The predicted molar refractivity (Wildman–Crippen MR) is 106 cm³/mol. The van der Waals surface area contributed by atoms with Crippen LogP contribution in [0.2, 0.25) is 5.02 Å². The third-order valence-electron chi connectivity index (χ3n) is 4.40. The molecule has 0 spiro atoms. The van der Waals surface area contributed by atoms with Crippen LogP contribution < -0.4 is 10.9 Å². The molecule has 1 aliphatic carbocycles. The summed E-state index contributed by atoms with van der Waals surface area (Å²) in [5, 5.41) is 8.20. The number of fused-ring (bicyclic) bond motifs is 1. The van der Waals surface area contributed by atoms with Gasteiger partial charge in [-0.25, -0.2) is 9.67 Å². The van der Waals surface area contributed by atoms with Gasteiger partial charge in [0.15, 0.2) is 5.13 Å². The number of hydrogen-bond acceptors (Lipinski definition) is 5. The van der Waals surface area contributed by atoms with E-state index in [0.29, 0.717) is 21.4 Å². The van der Waals surface area contributed by atoms with E-state index in [0.717, 1.165) is 36.1 Å². The second kappa shape index (κ2) is 7.62. The van der Waals surface area contributed by atoms with E-state index in [1.54, 1.807) is 12.1 Å². The Morgan fingerprint density at radius 3 is 2.81 bits per heavy atom. The van der Waals surface area contributed by atoms with Crippen molar-refractivity contribution in [2.24, 2.45) is 0 Å². The van der Waals surface area contributed by atoms with Crippen LogP contribution in [0.3, 0.4) is 0 Å². The van der Waals surface area contributed by atoms with Gasteiger partial charge in [-0.05, 0) is 37.8 Å². The Kier molecular flexibility index (Phi) is 5.05. The molecule has 0 saturated heterocycles. The van der Waals surface area contributed by atoms with Crippen LogP contribution in [0.4, 0.5) is 5.13 Å². The second-order valence-corrected chi connectivity index (χ2v) is 7.83. The van der Waals surface area contributed by atoms with Gasteiger partial charge in [0, 0.05) is 16.5 Å². The summed E-state index contributed by atoms with van der Waals surface area (Å²) in [6.45, 7) is -0.179. The van der Waals surface area contributed by atoms with Crippen molar-refractivity contribution >= 4 is 34.0 Å². The summed E-state index contributed by atoms with van der Waals surface area (Å²) in [6.07, 6.45) is 4.28. The average Bonchev–Trinajstić information content (AvgIpc) is 3.06. The monoisotopic (exact) mass is 400 g/mol. The van der Waals surface area contributed by atoms with Crippen molar-refractivity contribution in [2.45, 2.75) is 32.2 Å². The molecule has 0 saturated carbocycles. The number of amides is 1. The number of aromatic nitrogens is 3. The number of benzene rings is 1. The fourth-order valence-corrected chi connectivity index (χ4v) is 4.37. The van der Waals surface area contributed by atoms with Gasteiger partial charge in [0.1, 0.15) is 6.54 Å². The Morgan fingerprint density at radius 2 is 2.00 bits per heavy atom. The molecule has 0 aliphatic heterocycles. The number of halogens is 1. The van der Waals surface area contributed by atoms with Crippen molar-refractivity contribution in [2.75, 3.05) is 5.32 Å². The predicted octanol–water partition coefficient (Wildman–Crippen LogP) is 3.54. The zero-order valence-corrected chi connectivity index (χ0v) is 16.0. The van der Waals surface area contributed by atoms with Crippen LogP contribution in [0.25, 0.3) is 11.3 Å². The van der Waals surface area contributed by atoms with Crippen molar-refractivity contribution in [1.29, 1.82) is 0 Å². The molecule has 4 rings (SSSR count). The number of carbonyl (C=O) groups excluding carboxylic acids is 1. The van der Waals surface area contributed by atoms with Crippen LogP contribution in [0.15, 0.2) is 41.2 Å². The molecule has 8 heteroatoms. The molecule has 1 aromatic carbocycles. The van der Waals surface area contributed by atoms with E-state index < -0.39 is 0 Å². The zero-order valence-electron chi connectivity index (χ0n) is 14.4. The molecule has 3 aromatic rings. The highest BCUT2D eigenvalue weighted by atomic mass is 35.5. The largest absolute Gasteiger partial charge is 0.300 e. The molecule has 6 nitrogen and oxygen atoms in total. The topological polar surface area (TPSA) is 76.9 Å². The lowest BCUT2D eigenvalue weighted by Gasteiger charge is -2.08. The Hall–Kier alpha value is -2.51. The van der Waals surface area contributed by atoms with Gasteiger partial charge in [-0.2, -0.15) is 5.10 Å². The summed E-state index contributed by atoms with van der Waals surface area (Å²) in [5.74, 6) is -0.327. The number of thiazole rings is 1. The van der Waals surface area contributed by atoms with Gasteiger partial charge >= 0.3 is 0 Å². The minimum Gasteiger partial charge on any atom is -0.300 e. The molecule has 1 amide bonds. The van der Waals surface area contributed by atoms with Crippen LogP contribution in [-0.4, -0.2) is 20.7 Å².